The lowest BCUT2D eigenvalue weighted by molar-refractivity contribution is -0.126. The molecule has 1 fully saturated rings. The fraction of sp³-hybridized carbons (Fsp3) is 0.438. The number of carbonyl (C=O) groups is 3. The maximum atomic E-state index is 11.9. The van der Waals surface area contributed by atoms with E-state index in [0.717, 1.165) is 5.56 Å². The summed E-state index contributed by atoms with van der Waals surface area (Å²) in [5.41, 5.74) is 7.34. The first-order valence-corrected chi connectivity index (χ1v) is 7.36. The van der Waals surface area contributed by atoms with Crippen molar-refractivity contribution in [3.05, 3.63) is 29.8 Å². The van der Waals surface area contributed by atoms with Crippen molar-refractivity contribution in [1.82, 2.24) is 5.32 Å². The van der Waals surface area contributed by atoms with Gasteiger partial charge in [-0.2, -0.15) is 0 Å². The van der Waals surface area contributed by atoms with Crippen molar-refractivity contribution in [2.24, 2.45) is 17.6 Å². The molecule has 0 radical (unpaired) electrons. The second-order valence-corrected chi connectivity index (χ2v) is 5.85. The van der Waals surface area contributed by atoms with Gasteiger partial charge in [0.25, 0.3) is 0 Å². The Balaban J connectivity index is 1.94. The molecule has 0 aromatic heterocycles. The fourth-order valence-electron chi connectivity index (χ4n) is 2.28. The molecule has 1 aliphatic heterocycles. The van der Waals surface area contributed by atoms with Crippen LogP contribution < -0.4 is 16.4 Å². The molecule has 3 unspecified atom stereocenters. The SMILES string of the molecule is CC(N)C(C)C(=O)Nc1ccc(CC2CC(=O)NC2=O)cc1. The van der Waals surface area contributed by atoms with E-state index in [1.54, 1.807) is 26.0 Å². The van der Waals surface area contributed by atoms with Crippen molar-refractivity contribution in [2.45, 2.75) is 32.7 Å². The van der Waals surface area contributed by atoms with Crippen molar-refractivity contribution >= 4 is 23.4 Å². The van der Waals surface area contributed by atoms with Crippen molar-refractivity contribution < 1.29 is 14.4 Å². The van der Waals surface area contributed by atoms with Crippen LogP contribution in [-0.2, 0) is 20.8 Å². The summed E-state index contributed by atoms with van der Waals surface area (Å²) in [7, 11) is 0. The maximum Gasteiger partial charge on any atom is 0.230 e. The van der Waals surface area contributed by atoms with E-state index in [4.69, 9.17) is 5.73 Å². The molecule has 22 heavy (non-hydrogen) atoms. The quantitative estimate of drug-likeness (QED) is 0.701. The monoisotopic (exact) mass is 303 g/mol. The van der Waals surface area contributed by atoms with Gasteiger partial charge in [-0.3, -0.25) is 19.7 Å². The summed E-state index contributed by atoms with van der Waals surface area (Å²) in [4.78, 5) is 34.6. The van der Waals surface area contributed by atoms with Crippen LogP contribution in [0.15, 0.2) is 24.3 Å². The molecular weight excluding hydrogens is 282 g/mol. The molecule has 1 aromatic carbocycles. The fourth-order valence-corrected chi connectivity index (χ4v) is 2.28. The number of benzene rings is 1. The van der Waals surface area contributed by atoms with Gasteiger partial charge in [0.1, 0.15) is 0 Å². The van der Waals surface area contributed by atoms with E-state index in [9.17, 15) is 14.4 Å². The Bertz CT molecular complexity index is 581. The largest absolute Gasteiger partial charge is 0.327 e. The summed E-state index contributed by atoms with van der Waals surface area (Å²) in [6.45, 7) is 3.57. The lowest BCUT2D eigenvalue weighted by atomic mass is 9.97. The summed E-state index contributed by atoms with van der Waals surface area (Å²) in [6, 6.07) is 7.06. The van der Waals surface area contributed by atoms with Crippen LogP contribution in [-0.4, -0.2) is 23.8 Å². The molecule has 1 aliphatic rings. The van der Waals surface area contributed by atoms with Gasteiger partial charge in [-0.05, 0) is 31.0 Å². The number of anilines is 1. The minimum atomic E-state index is -0.300. The molecule has 0 bridgehead atoms. The van der Waals surface area contributed by atoms with Crippen LogP contribution in [0, 0.1) is 11.8 Å². The standard InChI is InChI=1S/C16H21N3O3/c1-9(10(2)17)15(21)18-13-5-3-11(4-6-13)7-12-8-14(20)19-16(12)22/h3-6,9-10,12H,7-8,17H2,1-2H3,(H,18,21)(H,19,20,22). The van der Waals surface area contributed by atoms with Crippen LogP contribution in [0.4, 0.5) is 5.69 Å². The van der Waals surface area contributed by atoms with Crippen molar-refractivity contribution in [1.29, 1.82) is 0 Å². The van der Waals surface area contributed by atoms with Crippen molar-refractivity contribution in [2.75, 3.05) is 5.32 Å². The number of nitrogens with one attached hydrogen (secondary N) is 2. The average Bonchev–Trinajstić information content (AvgIpc) is 2.78. The highest BCUT2D eigenvalue weighted by molar-refractivity contribution is 6.03. The number of nitrogens with two attached hydrogens (primary N) is 1. The zero-order valence-electron chi connectivity index (χ0n) is 12.8. The van der Waals surface area contributed by atoms with Gasteiger partial charge < -0.3 is 11.1 Å². The summed E-state index contributed by atoms with van der Waals surface area (Å²) in [6.07, 6.45) is 0.755. The topological polar surface area (TPSA) is 101 Å². The Labute approximate surface area is 129 Å². The Kier molecular flexibility index (Phi) is 4.92. The number of carbonyl (C=O) groups excluding carboxylic acids is 3. The molecule has 2 rings (SSSR count). The number of rotatable bonds is 5. The normalized spacial score (nSPS) is 20.4. The molecule has 3 atom stereocenters. The molecule has 1 saturated heterocycles. The van der Waals surface area contributed by atoms with Crippen LogP contribution in [0.25, 0.3) is 0 Å². The molecule has 6 nitrogen and oxygen atoms in total. The lowest BCUT2D eigenvalue weighted by Crippen LogP contribution is -2.34. The second kappa shape index (κ2) is 6.70. The van der Waals surface area contributed by atoms with Crippen molar-refractivity contribution in [3.63, 3.8) is 0 Å². The third-order valence-electron chi connectivity index (χ3n) is 3.97. The van der Waals surface area contributed by atoms with Crippen LogP contribution in [0.3, 0.4) is 0 Å². The van der Waals surface area contributed by atoms with E-state index in [-0.39, 0.29) is 42.0 Å². The van der Waals surface area contributed by atoms with E-state index in [1.807, 2.05) is 12.1 Å². The first kappa shape index (κ1) is 16.2. The number of hydrogen-bond acceptors (Lipinski definition) is 4. The van der Waals surface area contributed by atoms with Gasteiger partial charge in [-0.1, -0.05) is 19.1 Å². The van der Waals surface area contributed by atoms with Gasteiger partial charge >= 0.3 is 0 Å². The van der Waals surface area contributed by atoms with Gasteiger partial charge in [0.15, 0.2) is 0 Å². The Morgan fingerprint density at radius 3 is 2.45 bits per heavy atom. The minimum Gasteiger partial charge on any atom is -0.327 e. The predicted molar refractivity (Wildman–Crippen MR) is 82.8 cm³/mol. The molecule has 4 N–H and O–H groups in total. The van der Waals surface area contributed by atoms with Crippen LogP contribution in [0.5, 0.6) is 0 Å². The van der Waals surface area contributed by atoms with Gasteiger partial charge in [-0.25, -0.2) is 0 Å². The summed E-state index contributed by atoms with van der Waals surface area (Å²) >= 11 is 0. The summed E-state index contributed by atoms with van der Waals surface area (Å²) in [5, 5.41) is 5.11. The van der Waals surface area contributed by atoms with E-state index in [0.29, 0.717) is 12.1 Å². The predicted octanol–water partition coefficient (Wildman–Crippen LogP) is 0.814. The molecule has 6 heteroatoms. The number of imide groups is 1. The smallest absolute Gasteiger partial charge is 0.230 e. The Hall–Kier alpha value is -2.21. The Morgan fingerprint density at radius 1 is 1.32 bits per heavy atom. The minimum absolute atomic E-state index is 0.122. The molecule has 118 valence electrons. The van der Waals surface area contributed by atoms with E-state index >= 15 is 0 Å². The van der Waals surface area contributed by atoms with Gasteiger partial charge in [0.2, 0.25) is 17.7 Å². The number of hydrogen-bond donors (Lipinski definition) is 3. The van der Waals surface area contributed by atoms with Gasteiger partial charge in [0, 0.05) is 18.2 Å². The number of amides is 3. The van der Waals surface area contributed by atoms with Gasteiger partial charge in [0.05, 0.1) is 11.8 Å². The third-order valence-corrected chi connectivity index (χ3v) is 3.97. The lowest BCUT2D eigenvalue weighted by Gasteiger charge is -2.15. The zero-order chi connectivity index (χ0) is 16.3. The van der Waals surface area contributed by atoms with Crippen LogP contribution >= 0.6 is 0 Å². The Morgan fingerprint density at radius 2 is 1.95 bits per heavy atom. The van der Waals surface area contributed by atoms with Crippen LogP contribution in [0.2, 0.25) is 0 Å². The summed E-state index contributed by atoms with van der Waals surface area (Å²) < 4.78 is 0. The van der Waals surface area contributed by atoms with E-state index in [1.165, 1.54) is 0 Å². The third kappa shape index (κ3) is 3.92. The molecule has 1 heterocycles. The van der Waals surface area contributed by atoms with E-state index < -0.39 is 0 Å². The van der Waals surface area contributed by atoms with Crippen LogP contribution in [0.1, 0.15) is 25.8 Å². The first-order valence-electron chi connectivity index (χ1n) is 7.36. The van der Waals surface area contributed by atoms with Crippen molar-refractivity contribution in [3.8, 4) is 0 Å². The molecule has 1 aromatic rings. The maximum absolute atomic E-state index is 11.9. The highest BCUT2D eigenvalue weighted by Gasteiger charge is 2.30. The molecule has 0 aliphatic carbocycles. The second-order valence-electron chi connectivity index (χ2n) is 5.85. The summed E-state index contributed by atoms with van der Waals surface area (Å²) in [5.74, 6) is -1.13. The highest BCUT2D eigenvalue weighted by Crippen LogP contribution is 2.19. The molecule has 0 spiro atoms. The highest BCUT2D eigenvalue weighted by atomic mass is 16.2. The first-order chi connectivity index (χ1) is 10.4. The van der Waals surface area contributed by atoms with E-state index in [2.05, 4.69) is 10.6 Å². The molecule has 3 amide bonds. The average molecular weight is 303 g/mol. The molecular formula is C16H21N3O3. The molecule has 0 saturated carbocycles. The zero-order valence-corrected chi connectivity index (χ0v) is 12.8. The van der Waals surface area contributed by atoms with Gasteiger partial charge in [-0.15, -0.1) is 0 Å².